The van der Waals surface area contributed by atoms with E-state index in [1.807, 2.05) is 0 Å². The maximum Gasteiger partial charge on any atom is 0.331 e. The molecule has 0 saturated heterocycles. The maximum atomic E-state index is 11.6. The molecule has 0 saturated carbocycles. The first kappa shape index (κ1) is 21.5. The van der Waals surface area contributed by atoms with Gasteiger partial charge in [-0.3, -0.25) is 4.99 Å². The van der Waals surface area contributed by atoms with E-state index < -0.39 is 6.04 Å². The summed E-state index contributed by atoms with van der Waals surface area (Å²) in [6.07, 6.45) is 0. The zero-order valence-corrected chi connectivity index (χ0v) is 16.3. The maximum absolute atomic E-state index is 11.6. The van der Waals surface area contributed by atoms with Crippen LogP contribution in [0, 0.1) is 0 Å². The number of thioether (sulfide) groups is 1. The molecule has 8 nitrogen and oxygen atoms in total. The number of ether oxygens (including phenoxy) is 5. The highest BCUT2D eigenvalue weighted by Gasteiger charge is 2.28. The number of methoxy groups -OCH3 is 2. The lowest BCUT2D eigenvalue weighted by Crippen LogP contribution is -2.19. The van der Waals surface area contributed by atoms with E-state index in [9.17, 15) is 9.90 Å². The van der Waals surface area contributed by atoms with Gasteiger partial charge in [0.15, 0.2) is 17.5 Å². The first-order chi connectivity index (χ1) is 13.2. The van der Waals surface area contributed by atoms with Crippen molar-refractivity contribution in [2.75, 3.05) is 59.6 Å². The zero-order valence-electron chi connectivity index (χ0n) is 15.5. The molecule has 9 heteroatoms. The largest absolute Gasteiger partial charge is 0.504 e. The fourth-order valence-corrected chi connectivity index (χ4v) is 3.31. The van der Waals surface area contributed by atoms with Crippen LogP contribution in [0.15, 0.2) is 23.2 Å². The van der Waals surface area contributed by atoms with Crippen molar-refractivity contribution in [3.8, 4) is 11.5 Å². The fraction of sp³-hybridized carbons (Fsp3) is 0.556. The number of carbonyl (C=O) groups excluding carboxylic acids is 1. The third kappa shape index (κ3) is 6.69. The van der Waals surface area contributed by atoms with E-state index in [2.05, 4.69) is 4.99 Å². The van der Waals surface area contributed by atoms with Crippen LogP contribution in [0.1, 0.15) is 5.56 Å². The average Bonchev–Trinajstić information content (AvgIpc) is 3.17. The zero-order chi connectivity index (χ0) is 19.5. The second-order valence-electron chi connectivity index (χ2n) is 5.50. The van der Waals surface area contributed by atoms with E-state index in [4.69, 9.17) is 23.7 Å². The Hall–Kier alpha value is -1.81. The average molecular weight is 399 g/mol. The molecule has 0 amide bonds. The Morgan fingerprint density at radius 2 is 1.85 bits per heavy atom. The number of carbonyl (C=O) groups is 1. The van der Waals surface area contributed by atoms with Crippen LogP contribution in [0.2, 0.25) is 0 Å². The highest BCUT2D eigenvalue weighted by Crippen LogP contribution is 2.35. The number of esters is 1. The van der Waals surface area contributed by atoms with Gasteiger partial charge in [-0.05, 0) is 12.1 Å². The van der Waals surface area contributed by atoms with Crippen LogP contribution in [-0.2, 0) is 23.7 Å². The highest BCUT2D eigenvalue weighted by molar-refractivity contribution is 8.14. The van der Waals surface area contributed by atoms with Crippen LogP contribution >= 0.6 is 11.8 Å². The molecule has 1 aliphatic heterocycles. The molecule has 0 aromatic heterocycles. The molecule has 0 aliphatic carbocycles. The van der Waals surface area contributed by atoms with Crippen molar-refractivity contribution < 1.29 is 33.6 Å². The molecule has 2 rings (SSSR count). The Bertz CT molecular complexity index is 638. The molecule has 1 aromatic rings. The van der Waals surface area contributed by atoms with Crippen molar-refractivity contribution in [3.63, 3.8) is 0 Å². The predicted octanol–water partition coefficient (Wildman–Crippen LogP) is 1.49. The number of aliphatic imine (C=N–C) groups is 1. The lowest BCUT2D eigenvalue weighted by Gasteiger charge is -2.11. The van der Waals surface area contributed by atoms with Gasteiger partial charge < -0.3 is 28.8 Å². The van der Waals surface area contributed by atoms with Crippen molar-refractivity contribution in [1.29, 1.82) is 0 Å². The van der Waals surface area contributed by atoms with Crippen molar-refractivity contribution in [2.45, 2.75) is 6.04 Å². The lowest BCUT2D eigenvalue weighted by atomic mass is 10.2. The van der Waals surface area contributed by atoms with Gasteiger partial charge in [0.25, 0.3) is 0 Å². The van der Waals surface area contributed by atoms with E-state index in [-0.39, 0.29) is 11.7 Å². The SMILES string of the molecule is COCCOCCOCCOc1cccc(C2=N[C@@H](C(=O)OC)CS2)c1O. The molecule has 1 heterocycles. The second-order valence-corrected chi connectivity index (χ2v) is 6.51. The van der Waals surface area contributed by atoms with Gasteiger partial charge in [0, 0.05) is 12.9 Å². The van der Waals surface area contributed by atoms with Gasteiger partial charge in [-0.15, -0.1) is 11.8 Å². The van der Waals surface area contributed by atoms with Crippen LogP contribution in [-0.4, -0.2) is 81.8 Å². The number of rotatable bonds is 12. The summed E-state index contributed by atoms with van der Waals surface area (Å²) in [5.74, 6) is 0.453. The topological polar surface area (TPSA) is 95.8 Å². The number of phenolic OH excluding ortho intramolecular Hbond substituents is 1. The Morgan fingerprint density at radius 1 is 1.15 bits per heavy atom. The van der Waals surface area contributed by atoms with Gasteiger partial charge in [-0.2, -0.15) is 0 Å². The van der Waals surface area contributed by atoms with E-state index in [0.29, 0.717) is 61.8 Å². The summed E-state index contributed by atoms with van der Waals surface area (Å²) in [6.45, 7) is 2.71. The molecule has 150 valence electrons. The molecular weight excluding hydrogens is 374 g/mol. The third-order valence-electron chi connectivity index (χ3n) is 3.64. The van der Waals surface area contributed by atoms with E-state index >= 15 is 0 Å². The highest BCUT2D eigenvalue weighted by atomic mass is 32.2. The number of nitrogens with zero attached hydrogens (tertiary/aromatic N) is 1. The standard InChI is InChI=1S/C18H25NO7S/c1-22-6-7-24-8-9-25-10-11-26-15-5-3-4-13(16(15)20)17-19-14(12-27-17)18(21)23-2/h3-5,14,20H,6-12H2,1-2H3/t14-/m1/s1. The summed E-state index contributed by atoms with van der Waals surface area (Å²) in [5.41, 5.74) is 0.538. The van der Waals surface area contributed by atoms with Crippen LogP contribution in [0.5, 0.6) is 11.5 Å². The van der Waals surface area contributed by atoms with E-state index in [1.165, 1.54) is 18.9 Å². The van der Waals surface area contributed by atoms with Crippen molar-refractivity contribution in [2.24, 2.45) is 4.99 Å². The van der Waals surface area contributed by atoms with Crippen LogP contribution in [0.25, 0.3) is 0 Å². The number of para-hydroxylation sites is 1. The van der Waals surface area contributed by atoms with Gasteiger partial charge in [0.05, 0.1) is 45.7 Å². The lowest BCUT2D eigenvalue weighted by molar-refractivity contribution is -0.141. The van der Waals surface area contributed by atoms with Gasteiger partial charge >= 0.3 is 5.97 Å². The third-order valence-corrected chi connectivity index (χ3v) is 4.72. The first-order valence-electron chi connectivity index (χ1n) is 8.55. The number of benzene rings is 1. The molecule has 1 atom stereocenters. The molecule has 0 bridgehead atoms. The number of phenols is 1. The van der Waals surface area contributed by atoms with Crippen LogP contribution in [0.4, 0.5) is 0 Å². The van der Waals surface area contributed by atoms with Crippen molar-refractivity contribution in [1.82, 2.24) is 0 Å². The first-order valence-corrected chi connectivity index (χ1v) is 9.54. The molecule has 0 unspecified atom stereocenters. The minimum absolute atomic E-state index is 0.00263. The molecule has 1 aromatic carbocycles. The number of hydrogen-bond acceptors (Lipinski definition) is 9. The Morgan fingerprint density at radius 3 is 2.56 bits per heavy atom. The normalized spacial score (nSPS) is 16.2. The molecule has 27 heavy (non-hydrogen) atoms. The quantitative estimate of drug-likeness (QED) is 0.417. The minimum Gasteiger partial charge on any atom is -0.504 e. The summed E-state index contributed by atoms with van der Waals surface area (Å²) in [4.78, 5) is 15.9. The molecule has 1 N–H and O–H groups in total. The fourth-order valence-electron chi connectivity index (χ4n) is 2.26. The second kappa shape index (κ2) is 11.8. The Balaban J connectivity index is 1.79. The number of aromatic hydroxyl groups is 1. The Labute approximate surface area is 162 Å². The minimum atomic E-state index is -0.543. The van der Waals surface area contributed by atoms with Crippen molar-refractivity contribution >= 4 is 22.8 Å². The summed E-state index contributed by atoms with van der Waals surface area (Å²) >= 11 is 1.40. The van der Waals surface area contributed by atoms with Gasteiger partial charge in [0.1, 0.15) is 11.7 Å². The van der Waals surface area contributed by atoms with Crippen molar-refractivity contribution in [3.05, 3.63) is 23.8 Å². The summed E-state index contributed by atoms with van der Waals surface area (Å²) < 4.78 is 25.9. The van der Waals surface area contributed by atoms with E-state index in [1.54, 1.807) is 25.3 Å². The summed E-state index contributed by atoms with van der Waals surface area (Å²) in [7, 11) is 2.96. The molecule has 0 spiro atoms. The molecular formula is C18H25NO7S. The number of hydrogen-bond donors (Lipinski definition) is 1. The summed E-state index contributed by atoms with van der Waals surface area (Å²) in [6, 6.07) is 4.63. The Kier molecular flexibility index (Phi) is 9.40. The smallest absolute Gasteiger partial charge is 0.331 e. The van der Waals surface area contributed by atoms with Crippen LogP contribution in [0.3, 0.4) is 0 Å². The molecule has 0 radical (unpaired) electrons. The van der Waals surface area contributed by atoms with E-state index in [0.717, 1.165) is 0 Å². The monoisotopic (exact) mass is 399 g/mol. The van der Waals surface area contributed by atoms with Crippen LogP contribution < -0.4 is 4.74 Å². The predicted molar refractivity (Wildman–Crippen MR) is 102 cm³/mol. The molecule has 0 fully saturated rings. The van der Waals surface area contributed by atoms with Gasteiger partial charge in [0.2, 0.25) is 0 Å². The van der Waals surface area contributed by atoms with Gasteiger partial charge in [-0.1, -0.05) is 6.07 Å². The molecule has 1 aliphatic rings. The van der Waals surface area contributed by atoms with Gasteiger partial charge in [-0.25, -0.2) is 4.79 Å². The summed E-state index contributed by atoms with van der Waals surface area (Å²) in [5, 5.41) is 11.0.